The van der Waals surface area contributed by atoms with Crippen LogP contribution in [0.1, 0.15) is 12.0 Å². The number of phenols is 1. The van der Waals surface area contributed by atoms with Crippen LogP contribution in [0.25, 0.3) is 0 Å². The molecule has 0 atom stereocenters. The van der Waals surface area contributed by atoms with Crippen molar-refractivity contribution in [1.29, 1.82) is 0 Å². The summed E-state index contributed by atoms with van der Waals surface area (Å²) >= 11 is 0. The Kier molecular flexibility index (Phi) is 5.26. The van der Waals surface area contributed by atoms with E-state index in [0.29, 0.717) is 18.9 Å². The molecule has 2 rings (SSSR count). The minimum atomic E-state index is 0.343. The predicted molar refractivity (Wildman–Crippen MR) is 76.4 cm³/mol. The fraction of sp³-hybridized carbons (Fsp3) is 0.250. The lowest BCUT2D eigenvalue weighted by molar-refractivity contribution is 0.308. The zero-order valence-electron chi connectivity index (χ0n) is 10.9. The number of phenolic OH excluding ortho intramolecular Hbond substituents is 1. The summed E-state index contributed by atoms with van der Waals surface area (Å²) in [6.45, 7) is 2.23. The van der Waals surface area contributed by atoms with Crippen LogP contribution >= 0.6 is 0 Å². The fourth-order valence-corrected chi connectivity index (χ4v) is 1.79. The van der Waals surface area contributed by atoms with E-state index in [1.165, 1.54) is 0 Å². The third-order valence-electron chi connectivity index (χ3n) is 2.82. The van der Waals surface area contributed by atoms with Crippen molar-refractivity contribution in [3.8, 4) is 11.5 Å². The molecule has 3 nitrogen and oxygen atoms in total. The van der Waals surface area contributed by atoms with E-state index < -0.39 is 0 Å². The second-order valence-corrected chi connectivity index (χ2v) is 4.32. The second kappa shape index (κ2) is 7.44. The molecule has 0 saturated heterocycles. The summed E-state index contributed by atoms with van der Waals surface area (Å²) in [5.41, 5.74) is 0.923. The molecule has 0 spiro atoms. The van der Waals surface area contributed by atoms with Gasteiger partial charge in [-0.25, -0.2) is 0 Å². The van der Waals surface area contributed by atoms with Crippen molar-refractivity contribution in [1.82, 2.24) is 5.32 Å². The molecule has 19 heavy (non-hydrogen) atoms. The van der Waals surface area contributed by atoms with Crippen molar-refractivity contribution in [3.05, 3.63) is 60.2 Å². The van der Waals surface area contributed by atoms with E-state index in [1.807, 2.05) is 48.5 Å². The van der Waals surface area contributed by atoms with Gasteiger partial charge in [0.25, 0.3) is 0 Å². The van der Waals surface area contributed by atoms with Gasteiger partial charge in [-0.05, 0) is 31.2 Å². The van der Waals surface area contributed by atoms with Gasteiger partial charge in [-0.3, -0.25) is 0 Å². The number of nitrogens with one attached hydrogen (secondary N) is 1. The van der Waals surface area contributed by atoms with Gasteiger partial charge >= 0.3 is 0 Å². The van der Waals surface area contributed by atoms with Crippen molar-refractivity contribution >= 4 is 0 Å². The van der Waals surface area contributed by atoms with Crippen molar-refractivity contribution in [2.24, 2.45) is 0 Å². The maximum atomic E-state index is 9.60. The van der Waals surface area contributed by atoms with Crippen LogP contribution in [0.15, 0.2) is 54.6 Å². The number of benzene rings is 2. The smallest absolute Gasteiger partial charge is 0.120 e. The zero-order valence-corrected chi connectivity index (χ0v) is 10.9. The molecule has 0 bridgehead atoms. The number of rotatable bonds is 7. The first-order valence-electron chi connectivity index (χ1n) is 6.52. The largest absolute Gasteiger partial charge is 0.508 e. The van der Waals surface area contributed by atoms with Crippen LogP contribution < -0.4 is 10.1 Å². The molecule has 2 N–H and O–H groups in total. The molecule has 0 aromatic heterocycles. The van der Waals surface area contributed by atoms with Crippen LogP contribution in [0, 0.1) is 0 Å². The SMILES string of the molecule is Oc1ccccc1CNCCCOc1ccccc1. The summed E-state index contributed by atoms with van der Waals surface area (Å²) in [5, 5.41) is 12.9. The summed E-state index contributed by atoms with van der Waals surface area (Å²) in [5.74, 6) is 1.25. The van der Waals surface area contributed by atoms with Gasteiger partial charge in [0.15, 0.2) is 0 Å². The average Bonchev–Trinajstić information content (AvgIpc) is 2.45. The highest BCUT2D eigenvalue weighted by molar-refractivity contribution is 5.31. The van der Waals surface area contributed by atoms with E-state index >= 15 is 0 Å². The Labute approximate surface area is 113 Å². The molecule has 0 aliphatic heterocycles. The van der Waals surface area contributed by atoms with Crippen molar-refractivity contribution in [3.63, 3.8) is 0 Å². The normalized spacial score (nSPS) is 10.3. The van der Waals surface area contributed by atoms with Crippen LogP contribution in [0.3, 0.4) is 0 Å². The highest BCUT2D eigenvalue weighted by atomic mass is 16.5. The Morgan fingerprint density at radius 2 is 1.68 bits per heavy atom. The maximum absolute atomic E-state index is 9.60. The van der Waals surface area contributed by atoms with E-state index in [2.05, 4.69) is 5.32 Å². The predicted octanol–water partition coefficient (Wildman–Crippen LogP) is 2.95. The van der Waals surface area contributed by atoms with E-state index in [4.69, 9.17) is 4.74 Å². The molecule has 2 aromatic rings. The van der Waals surface area contributed by atoms with Crippen molar-refractivity contribution < 1.29 is 9.84 Å². The molecule has 0 amide bonds. The van der Waals surface area contributed by atoms with E-state index in [0.717, 1.165) is 24.3 Å². The fourth-order valence-electron chi connectivity index (χ4n) is 1.79. The molecule has 3 heteroatoms. The standard InChI is InChI=1S/C16H19NO2/c18-16-10-5-4-7-14(16)13-17-11-6-12-19-15-8-2-1-3-9-15/h1-5,7-10,17-18H,6,11-13H2. The molecule has 0 fully saturated rings. The quantitative estimate of drug-likeness (QED) is 0.749. The Morgan fingerprint density at radius 1 is 0.947 bits per heavy atom. The summed E-state index contributed by atoms with van der Waals surface area (Å²) in [4.78, 5) is 0. The molecule has 0 heterocycles. The van der Waals surface area contributed by atoms with Gasteiger partial charge in [0.1, 0.15) is 11.5 Å². The van der Waals surface area contributed by atoms with Gasteiger partial charge in [-0.2, -0.15) is 0 Å². The molecule has 2 aromatic carbocycles. The topological polar surface area (TPSA) is 41.5 Å². The molecule has 100 valence electrons. The molecular formula is C16H19NO2. The minimum absolute atomic E-state index is 0.343. The first kappa shape index (κ1) is 13.4. The highest BCUT2D eigenvalue weighted by Gasteiger charge is 1.98. The van der Waals surface area contributed by atoms with Crippen LogP contribution in [-0.2, 0) is 6.54 Å². The Morgan fingerprint density at radius 3 is 2.47 bits per heavy atom. The van der Waals surface area contributed by atoms with Gasteiger partial charge < -0.3 is 15.2 Å². The van der Waals surface area contributed by atoms with Gasteiger partial charge in [-0.1, -0.05) is 36.4 Å². The second-order valence-electron chi connectivity index (χ2n) is 4.32. The van der Waals surface area contributed by atoms with Crippen LogP contribution in [-0.4, -0.2) is 18.3 Å². The first-order chi connectivity index (χ1) is 9.36. The third kappa shape index (κ3) is 4.64. The Hall–Kier alpha value is -2.00. The lowest BCUT2D eigenvalue weighted by Gasteiger charge is -2.08. The summed E-state index contributed by atoms with van der Waals surface area (Å²) in [6, 6.07) is 17.2. The van der Waals surface area contributed by atoms with Crippen LogP contribution in [0.4, 0.5) is 0 Å². The molecule has 0 aliphatic carbocycles. The average molecular weight is 257 g/mol. The molecule has 0 radical (unpaired) electrons. The molecule has 0 unspecified atom stereocenters. The monoisotopic (exact) mass is 257 g/mol. The summed E-state index contributed by atoms with van der Waals surface area (Å²) < 4.78 is 5.59. The van der Waals surface area contributed by atoms with Crippen LogP contribution in [0.5, 0.6) is 11.5 Å². The van der Waals surface area contributed by atoms with Gasteiger partial charge in [0.05, 0.1) is 6.61 Å². The third-order valence-corrected chi connectivity index (χ3v) is 2.82. The minimum Gasteiger partial charge on any atom is -0.508 e. The number of aromatic hydroxyl groups is 1. The Bertz CT molecular complexity index is 485. The number of ether oxygens (including phenoxy) is 1. The lowest BCUT2D eigenvalue weighted by atomic mass is 10.2. The van der Waals surface area contributed by atoms with E-state index in [-0.39, 0.29) is 0 Å². The van der Waals surface area contributed by atoms with Crippen molar-refractivity contribution in [2.75, 3.05) is 13.2 Å². The Balaban J connectivity index is 1.59. The van der Waals surface area contributed by atoms with E-state index in [1.54, 1.807) is 6.07 Å². The first-order valence-corrected chi connectivity index (χ1v) is 6.52. The molecule has 0 aliphatic rings. The summed E-state index contributed by atoms with van der Waals surface area (Å²) in [6.07, 6.45) is 0.933. The maximum Gasteiger partial charge on any atom is 0.120 e. The molecule has 0 saturated carbocycles. The summed E-state index contributed by atoms with van der Waals surface area (Å²) in [7, 11) is 0. The van der Waals surface area contributed by atoms with Gasteiger partial charge in [0, 0.05) is 12.1 Å². The molecular weight excluding hydrogens is 238 g/mol. The number of para-hydroxylation sites is 2. The van der Waals surface area contributed by atoms with E-state index in [9.17, 15) is 5.11 Å². The number of hydrogen-bond acceptors (Lipinski definition) is 3. The van der Waals surface area contributed by atoms with Gasteiger partial charge in [-0.15, -0.1) is 0 Å². The van der Waals surface area contributed by atoms with Crippen LogP contribution in [0.2, 0.25) is 0 Å². The lowest BCUT2D eigenvalue weighted by Crippen LogP contribution is -2.17. The highest BCUT2D eigenvalue weighted by Crippen LogP contribution is 2.14. The zero-order chi connectivity index (χ0) is 13.3. The van der Waals surface area contributed by atoms with Gasteiger partial charge in [0.2, 0.25) is 0 Å². The number of hydrogen-bond donors (Lipinski definition) is 2. The van der Waals surface area contributed by atoms with Crippen molar-refractivity contribution in [2.45, 2.75) is 13.0 Å².